The Morgan fingerprint density at radius 3 is 2.70 bits per heavy atom. The average molecular weight is 407 g/mol. The van der Waals surface area contributed by atoms with Gasteiger partial charge in [-0.3, -0.25) is 19.0 Å². The number of benzene rings is 2. The van der Waals surface area contributed by atoms with E-state index in [0.29, 0.717) is 28.3 Å². The van der Waals surface area contributed by atoms with E-state index in [2.05, 4.69) is 10.3 Å². The largest absolute Gasteiger partial charge is 0.454 e. The van der Waals surface area contributed by atoms with Crippen molar-refractivity contribution in [2.24, 2.45) is 0 Å². The van der Waals surface area contributed by atoms with Crippen molar-refractivity contribution in [2.75, 3.05) is 12.1 Å². The number of carbonyl (C=O) groups excluding carboxylic acids is 2. The highest BCUT2D eigenvalue weighted by Crippen LogP contribution is 2.32. The fraction of sp³-hybridized carbons (Fsp3) is 0.143. The number of fused-ring (bicyclic) bond motifs is 1. The van der Waals surface area contributed by atoms with Gasteiger partial charge in [0.2, 0.25) is 6.79 Å². The number of aromatic nitrogens is 2. The normalized spacial score (nSPS) is 11.9. The van der Waals surface area contributed by atoms with Gasteiger partial charge in [0.1, 0.15) is 5.56 Å². The first-order chi connectivity index (χ1) is 14.4. The van der Waals surface area contributed by atoms with Gasteiger partial charge in [0.05, 0.1) is 6.54 Å². The van der Waals surface area contributed by atoms with Gasteiger partial charge in [-0.05, 0) is 36.8 Å². The fourth-order valence-electron chi connectivity index (χ4n) is 3.05. The van der Waals surface area contributed by atoms with Crippen LogP contribution < -0.4 is 26.0 Å². The smallest absolute Gasteiger partial charge is 0.328 e. The number of ketones is 1. The number of amides is 1. The number of carbonyl (C=O) groups is 2. The molecule has 9 nitrogen and oxygen atoms in total. The van der Waals surface area contributed by atoms with E-state index >= 15 is 0 Å². The fourth-order valence-corrected chi connectivity index (χ4v) is 3.05. The van der Waals surface area contributed by atoms with Crippen molar-refractivity contribution in [2.45, 2.75) is 13.5 Å². The zero-order valence-corrected chi connectivity index (χ0v) is 15.9. The number of hydrogen-bond acceptors (Lipinski definition) is 6. The number of Topliss-reactive ketones (excluding diaryl/α,β-unsaturated/α-hetero) is 1. The van der Waals surface area contributed by atoms with Crippen LogP contribution in [0.5, 0.6) is 11.5 Å². The van der Waals surface area contributed by atoms with Crippen molar-refractivity contribution in [3.63, 3.8) is 0 Å². The SMILES string of the molecule is CC(=O)c1cccc(NC(=O)c2c[nH]c(=O)n(Cc3ccc4c(c3)OCO4)c2=O)c1. The van der Waals surface area contributed by atoms with Crippen molar-refractivity contribution in [1.29, 1.82) is 0 Å². The molecule has 2 heterocycles. The van der Waals surface area contributed by atoms with Crippen LogP contribution in [0.1, 0.15) is 33.2 Å². The van der Waals surface area contributed by atoms with Crippen molar-refractivity contribution in [3.05, 3.63) is 86.2 Å². The van der Waals surface area contributed by atoms with Crippen LogP contribution in [0, 0.1) is 0 Å². The van der Waals surface area contributed by atoms with Crippen LogP contribution in [0.25, 0.3) is 0 Å². The maximum Gasteiger partial charge on any atom is 0.328 e. The van der Waals surface area contributed by atoms with E-state index in [-0.39, 0.29) is 24.7 Å². The summed E-state index contributed by atoms with van der Waals surface area (Å²) in [7, 11) is 0. The molecular weight excluding hydrogens is 390 g/mol. The lowest BCUT2D eigenvalue weighted by atomic mass is 10.1. The van der Waals surface area contributed by atoms with Crippen LogP contribution in [0.15, 0.2) is 58.3 Å². The summed E-state index contributed by atoms with van der Waals surface area (Å²) < 4.78 is 11.5. The molecule has 0 aliphatic carbocycles. The Bertz CT molecular complexity index is 1270. The summed E-state index contributed by atoms with van der Waals surface area (Å²) in [4.78, 5) is 51.6. The third kappa shape index (κ3) is 3.72. The molecule has 0 saturated heterocycles. The molecule has 2 aromatic carbocycles. The first-order valence-corrected chi connectivity index (χ1v) is 9.06. The molecule has 3 aromatic rings. The highest BCUT2D eigenvalue weighted by atomic mass is 16.7. The van der Waals surface area contributed by atoms with Gasteiger partial charge in [0.25, 0.3) is 11.5 Å². The maximum absolute atomic E-state index is 12.8. The number of nitrogens with one attached hydrogen (secondary N) is 2. The molecule has 0 atom stereocenters. The van der Waals surface area contributed by atoms with Crippen LogP contribution >= 0.6 is 0 Å². The van der Waals surface area contributed by atoms with Crippen LogP contribution in [-0.2, 0) is 6.54 Å². The quantitative estimate of drug-likeness (QED) is 0.622. The molecule has 4 rings (SSSR count). The van der Waals surface area contributed by atoms with Crippen LogP contribution in [0.2, 0.25) is 0 Å². The number of anilines is 1. The lowest BCUT2D eigenvalue weighted by molar-refractivity contribution is 0.101. The summed E-state index contributed by atoms with van der Waals surface area (Å²) in [5.41, 5.74) is -0.193. The first kappa shape index (κ1) is 19.2. The molecule has 0 radical (unpaired) electrons. The Hall–Kier alpha value is -4.14. The minimum atomic E-state index is -0.739. The zero-order chi connectivity index (χ0) is 21.3. The molecule has 1 aromatic heterocycles. The lowest BCUT2D eigenvalue weighted by Gasteiger charge is -2.09. The van der Waals surface area contributed by atoms with Crippen LogP contribution in [0.3, 0.4) is 0 Å². The topological polar surface area (TPSA) is 119 Å². The molecular formula is C21H17N3O6. The highest BCUT2D eigenvalue weighted by molar-refractivity contribution is 6.04. The Labute approximate surface area is 169 Å². The molecule has 30 heavy (non-hydrogen) atoms. The summed E-state index contributed by atoms with van der Waals surface area (Å²) in [6.07, 6.45) is 1.07. The van der Waals surface area contributed by atoms with Crippen LogP contribution in [0.4, 0.5) is 5.69 Å². The molecule has 0 spiro atoms. The molecule has 1 aliphatic heterocycles. The average Bonchev–Trinajstić information content (AvgIpc) is 3.19. The van der Waals surface area contributed by atoms with Gasteiger partial charge in [0, 0.05) is 17.4 Å². The number of H-pyrrole nitrogens is 1. The number of aromatic amines is 1. The monoisotopic (exact) mass is 407 g/mol. The third-order valence-corrected chi connectivity index (χ3v) is 4.61. The second-order valence-electron chi connectivity index (χ2n) is 6.68. The number of ether oxygens (including phenoxy) is 2. The molecule has 9 heteroatoms. The van der Waals surface area contributed by atoms with Gasteiger partial charge in [-0.15, -0.1) is 0 Å². The minimum Gasteiger partial charge on any atom is -0.454 e. The van der Waals surface area contributed by atoms with Gasteiger partial charge in [-0.2, -0.15) is 0 Å². The Morgan fingerprint density at radius 2 is 1.90 bits per heavy atom. The van der Waals surface area contributed by atoms with E-state index in [1.54, 1.807) is 36.4 Å². The van der Waals surface area contributed by atoms with Crippen molar-refractivity contribution >= 4 is 17.4 Å². The van der Waals surface area contributed by atoms with E-state index in [9.17, 15) is 19.2 Å². The third-order valence-electron chi connectivity index (χ3n) is 4.61. The molecule has 0 saturated carbocycles. The minimum absolute atomic E-state index is 0.0499. The molecule has 0 bridgehead atoms. The standard InChI is InChI=1S/C21H17N3O6/c1-12(25)14-3-2-4-15(8-14)23-19(26)16-9-22-21(28)24(20(16)27)10-13-5-6-17-18(7-13)30-11-29-17/h2-9H,10-11H2,1H3,(H,22,28)(H,23,26). The Morgan fingerprint density at radius 1 is 1.10 bits per heavy atom. The number of nitrogens with zero attached hydrogens (tertiary/aromatic N) is 1. The maximum atomic E-state index is 12.8. The van der Waals surface area contributed by atoms with Crippen molar-refractivity contribution in [1.82, 2.24) is 9.55 Å². The molecule has 0 unspecified atom stereocenters. The van der Waals surface area contributed by atoms with E-state index in [1.165, 1.54) is 13.0 Å². The van der Waals surface area contributed by atoms with Gasteiger partial charge >= 0.3 is 5.69 Å². The molecule has 152 valence electrons. The van der Waals surface area contributed by atoms with E-state index in [0.717, 1.165) is 10.8 Å². The first-order valence-electron chi connectivity index (χ1n) is 9.06. The molecule has 0 fully saturated rings. The molecule has 1 amide bonds. The van der Waals surface area contributed by atoms with Crippen LogP contribution in [-0.4, -0.2) is 28.0 Å². The summed E-state index contributed by atoms with van der Waals surface area (Å²) >= 11 is 0. The predicted molar refractivity (Wildman–Crippen MR) is 107 cm³/mol. The predicted octanol–water partition coefficient (Wildman–Crippen LogP) is 1.77. The van der Waals surface area contributed by atoms with E-state index in [4.69, 9.17) is 9.47 Å². The van der Waals surface area contributed by atoms with Gasteiger partial charge in [-0.1, -0.05) is 18.2 Å². The molecule has 2 N–H and O–H groups in total. The number of hydrogen-bond donors (Lipinski definition) is 2. The second-order valence-corrected chi connectivity index (χ2v) is 6.68. The Kier molecular flexibility index (Phi) is 4.93. The van der Waals surface area contributed by atoms with Gasteiger partial charge in [0.15, 0.2) is 17.3 Å². The molecule has 1 aliphatic rings. The summed E-state index contributed by atoms with van der Waals surface area (Å²) in [6, 6.07) is 11.4. The Balaban J connectivity index is 1.61. The second kappa shape index (κ2) is 7.70. The van der Waals surface area contributed by atoms with E-state index in [1.807, 2.05) is 0 Å². The summed E-state index contributed by atoms with van der Waals surface area (Å²) in [5, 5.41) is 2.58. The lowest BCUT2D eigenvalue weighted by Crippen LogP contribution is -2.39. The van der Waals surface area contributed by atoms with E-state index < -0.39 is 17.2 Å². The zero-order valence-electron chi connectivity index (χ0n) is 15.9. The summed E-state index contributed by atoms with van der Waals surface area (Å²) in [5.74, 6) is 0.259. The highest BCUT2D eigenvalue weighted by Gasteiger charge is 2.17. The van der Waals surface area contributed by atoms with Gasteiger partial charge < -0.3 is 19.8 Å². The van der Waals surface area contributed by atoms with Crippen molar-refractivity contribution in [3.8, 4) is 11.5 Å². The van der Waals surface area contributed by atoms with Crippen molar-refractivity contribution < 1.29 is 19.1 Å². The number of rotatable bonds is 5. The summed E-state index contributed by atoms with van der Waals surface area (Å²) in [6.45, 7) is 1.48. The van der Waals surface area contributed by atoms with Gasteiger partial charge in [-0.25, -0.2) is 4.79 Å².